The number of fused-ring (bicyclic) bond motifs is 1. The maximum absolute atomic E-state index is 12.5. The number of nitrogens with one attached hydrogen (secondary N) is 1. The number of hydrogen-bond donors (Lipinski definition) is 1. The van der Waals surface area contributed by atoms with Crippen molar-refractivity contribution in [3.63, 3.8) is 0 Å². The highest BCUT2D eigenvalue weighted by molar-refractivity contribution is 7.15. The lowest BCUT2D eigenvalue weighted by atomic mass is 9.93. The summed E-state index contributed by atoms with van der Waals surface area (Å²) in [4.78, 5) is 22.6. The fourth-order valence-corrected chi connectivity index (χ4v) is 4.48. The highest BCUT2D eigenvalue weighted by Gasteiger charge is 2.21. The van der Waals surface area contributed by atoms with Crippen LogP contribution in [0.3, 0.4) is 0 Å². The Hall–Kier alpha value is -2.41. The fraction of sp³-hybridized carbons (Fsp3) is 0.421. The van der Waals surface area contributed by atoms with Crippen molar-refractivity contribution in [3.8, 4) is 0 Å². The molecule has 3 aromatic heterocycles. The van der Waals surface area contributed by atoms with Gasteiger partial charge in [-0.25, -0.2) is 9.97 Å². The van der Waals surface area contributed by atoms with Gasteiger partial charge in [0.05, 0.1) is 12.2 Å². The van der Waals surface area contributed by atoms with E-state index < -0.39 is 0 Å². The summed E-state index contributed by atoms with van der Waals surface area (Å²) in [5.74, 6) is 2.39. The number of amides is 1. The van der Waals surface area contributed by atoms with E-state index in [0.29, 0.717) is 23.4 Å². The van der Waals surface area contributed by atoms with Crippen molar-refractivity contribution < 1.29 is 9.21 Å². The van der Waals surface area contributed by atoms with Gasteiger partial charge in [0.2, 0.25) is 0 Å². The van der Waals surface area contributed by atoms with Crippen molar-refractivity contribution in [2.24, 2.45) is 5.92 Å². The molecule has 6 nitrogen and oxygen atoms in total. The third-order valence-electron chi connectivity index (χ3n) is 4.86. The predicted molar refractivity (Wildman–Crippen MR) is 101 cm³/mol. The van der Waals surface area contributed by atoms with Crippen LogP contribution >= 0.6 is 11.3 Å². The Kier molecular flexibility index (Phi) is 4.40. The molecule has 0 spiro atoms. The highest BCUT2D eigenvalue weighted by Crippen LogP contribution is 2.32. The Morgan fingerprint density at radius 1 is 1.42 bits per heavy atom. The summed E-state index contributed by atoms with van der Waals surface area (Å²) < 4.78 is 7.79. The molecule has 7 heteroatoms. The molecule has 0 aromatic carbocycles. The third-order valence-corrected chi connectivity index (χ3v) is 5.90. The average molecular weight is 370 g/mol. The Balaban J connectivity index is 1.45. The minimum atomic E-state index is -0.255. The largest absolute Gasteiger partial charge is 0.454 e. The molecule has 1 aliphatic carbocycles. The summed E-state index contributed by atoms with van der Waals surface area (Å²) in [5.41, 5.74) is 2.20. The van der Waals surface area contributed by atoms with Gasteiger partial charge in [0, 0.05) is 16.8 Å². The standard InChI is InChI=1S/C19H22N4O2S/c1-11-4-6-15-17(8-11)26-19(21-15)22-18(24)16-7-5-14(25-16)10-23-12(2)9-20-13(23)3/h5,7,9,11H,4,6,8,10H2,1-3H3,(H,21,22,24). The van der Waals surface area contributed by atoms with E-state index >= 15 is 0 Å². The van der Waals surface area contributed by atoms with Crippen LogP contribution in [0, 0.1) is 19.8 Å². The number of furan rings is 1. The molecule has 1 N–H and O–H groups in total. The molecule has 4 rings (SSSR count). The quantitative estimate of drug-likeness (QED) is 0.754. The van der Waals surface area contributed by atoms with Gasteiger partial charge >= 0.3 is 0 Å². The molecule has 0 aliphatic heterocycles. The molecule has 0 bridgehead atoms. The first-order chi connectivity index (χ1) is 12.5. The zero-order valence-corrected chi connectivity index (χ0v) is 16.0. The highest BCUT2D eigenvalue weighted by atomic mass is 32.1. The Bertz CT molecular complexity index is 933. The topological polar surface area (TPSA) is 73.0 Å². The lowest BCUT2D eigenvalue weighted by molar-refractivity contribution is 0.0994. The van der Waals surface area contributed by atoms with Gasteiger partial charge in [0.1, 0.15) is 11.6 Å². The van der Waals surface area contributed by atoms with Crippen LogP contribution in [0.5, 0.6) is 0 Å². The van der Waals surface area contributed by atoms with E-state index in [0.717, 1.165) is 35.8 Å². The third kappa shape index (κ3) is 3.31. The number of nitrogens with zero attached hydrogens (tertiary/aromatic N) is 3. The molecule has 0 saturated heterocycles. The molecule has 1 amide bonds. The maximum Gasteiger partial charge on any atom is 0.293 e. The van der Waals surface area contributed by atoms with Crippen LogP contribution < -0.4 is 5.32 Å². The molecule has 0 radical (unpaired) electrons. The van der Waals surface area contributed by atoms with E-state index in [4.69, 9.17) is 4.42 Å². The molecule has 1 atom stereocenters. The van der Waals surface area contributed by atoms with E-state index in [1.54, 1.807) is 17.4 Å². The number of imidazole rings is 1. The maximum atomic E-state index is 12.5. The molecule has 0 fully saturated rings. The second-order valence-electron chi connectivity index (χ2n) is 6.99. The van der Waals surface area contributed by atoms with Gasteiger partial charge in [0.25, 0.3) is 5.91 Å². The number of rotatable bonds is 4. The summed E-state index contributed by atoms with van der Waals surface area (Å²) in [7, 11) is 0. The van der Waals surface area contributed by atoms with E-state index in [2.05, 4.69) is 26.8 Å². The van der Waals surface area contributed by atoms with Crippen LogP contribution in [-0.2, 0) is 19.4 Å². The van der Waals surface area contributed by atoms with Crippen LogP contribution in [0.15, 0.2) is 22.7 Å². The summed E-state index contributed by atoms with van der Waals surface area (Å²) >= 11 is 1.58. The molecule has 26 heavy (non-hydrogen) atoms. The number of aromatic nitrogens is 3. The first kappa shape index (κ1) is 17.0. The zero-order chi connectivity index (χ0) is 18.3. The lowest BCUT2D eigenvalue weighted by Crippen LogP contribution is -2.11. The number of carbonyl (C=O) groups excluding carboxylic acids is 1. The van der Waals surface area contributed by atoms with Gasteiger partial charge < -0.3 is 8.98 Å². The molecule has 3 heterocycles. The number of carbonyl (C=O) groups is 1. The average Bonchev–Trinajstić information content (AvgIpc) is 3.29. The second kappa shape index (κ2) is 6.72. The van der Waals surface area contributed by atoms with Crippen molar-refractivity contribution >= 4 is 22.4 Å². The van der Waals surface area contributed by atoms with Crippen LogP contribution in [-0.4, -0.2) is 20.4 Å². The summed E-state index contributed by atoms with van der Waals surface area (Å²) in [6.07, 6.45) is 5.05. The first-order valence-corrected chi connectivity index (χ1v) is 9.68. The fourth-order valence-electron chi connectivity index (χ4n) is 3.31. The SMILES string of the molecule is Cc1cnc(C)n1Cc1ccc(C(=O)Nc2nc3c(s2)CC(C)CC3)o1. The van der Waals surface area contributed by atoms with Crippen molar-refractivity contribution in [1.82, 2.24) is 14.5 Å². The lowest BCUT2D eigenvalue weighted by Gasteiger charge is -2.15. The number of thiazole rings is 1. The monoisotopic (exact) mass is 370 g/mol. The molecule has 3 aromatic rings. The summed E-state index contributed by atoms with van der Waals surface area (Å²) in [5, 5.41) is 3.54. The number of aryl methyl sites for hydroxylation is 3. The van der Waals surface area contributed by atoms with Crippen LogP contribution in [0.2, 0.25) is 0 Å². The number of anilines is 1. The number of hydrogen-bond acceptors (Lipinski definition) is 5. The first-order valence-electron chi connectivity index (χ1n) is 8.87. The van der Waals surface area contributed by atoms with Gasteiger partial charge in [-0.05, 0) is 51.2 Å². The van der Waals surface area contributed by atoms with E-state index in [1.165, 1.54) is 11.3 Å². The predicted octanol–water partition coefficient (Wildman–Crippen LogP) is 3.97. The van der Waals surface area contributed by atoms with E-state index in [9.17, 15) is 4.79 Å². The van der Waals surface area contributed by atoms with Crippen molar-refractivity contribution in [2.45, 2.75) is 46.6 Å². The van der Waals surface area contributed by atoms with Gasteiger partial charge in [-0.2, -0.15) is 0 Å². The van der Waals surface area contributed by atoms with Crippen molar-refractivity contribution in [3.05, 3.63) is 51.9 Å². The molecule has 1 aliphatic rings. The smallest absolute Gasteiger partial charge is 0.293 e. The Morgan fingerprint density at radius 2 is 2.27 bits per heavy atom. The minimum Gasteiger partial charge on any atom is -0.454 e. The van der Waals surface area contributed by atoms with Gasteiger partial charge in [-0.1, -0.05) is 6.92 Å². The van der Waals surface area contributed by atoms with Crippen molar-refractivity contribution in [2.75, 3.05) is 5.32 Å². The minimum absolute atomic E-state index is 0.255. The summed E-state index contributed by atoms with van der Waals surface area (Å²) in [6, 6.07) is 3.55. The zero-order valence-electron chi connectivity index (χ0n) is 15.2. The van der Waals surface area contributed by atoms with E-state index in [-0.39, 0.29) is 5.91 Å². The molecular weight excluding hydrogens is 348 g/mol. The van der Waals surface area contributed by atoms with Gasteiger partial charge in [0.15, 0.2) is 10.9 Å². The Labute approximate surface area is 156 Å². The van der Waals surface area contributed by atoms with E-state index in [1.807, 2.05) is 26.1 Å². The molecule has 136 valence electrons. The molecular formula is C19H22N4O2S. The van der Waals surface area contributed by atoms with Gasteiger partial charge in [-0.3, -0.25) is 10.1 Å². The van der Waals surface area contributed by atoms with Gasteiger partial charge in [-0.15, -0.1) is 11.3 Å². The Morgan fingerprint density at radius 3 is 3.04 bits per heavy atom. The second-order valence-corrected chi connectivity index (χ2v) is 8.07. The summed E-state index contributed by atoms with van der Waals surface area (Å²) in [6.45, 7) is 6.78. The van der Waals surface area contributed by atoms with Crippen LogP contribution in [0.4, 0.5) is 5.13 Å². The molecule has 1 unspecified atom stereocenters. The van der Waals surface area contributed by atoms with Crippen LogP contribution in [0.1, 0.15) is 51.7 Å². The molecule has 0 saturated carbocycles. The van der Waals surface area contributed by atoms with Crippen LogP contribution in [0.25, 0.3) is 0 Å². The van der Waals surface area contributed by atoms with Crippen molar-refractivity contribution in [1.29, 1.82) is 0 Å². The normalized spacial score (nSPS) is 16.5.